The van der Waals surface area contributed by atoms with Crippen LogP contribution >= 0.6 is 23.1 Å². The minimum absolute atomic E-state index is 0.0860. The van der Waals surface area contributed by atoms with E-state index in [1.54, 1.807) is 12.3 Å². The number of hydrogen-bond acceptors (Lipinski definition) is 6. The molecule has 0 aliphatic carbocycles. The quantitative estimate of drug-likeness (QED) is 0.421. The average molecular weight is 440 g/mol. The van der Waals surface area contributed by atoms with Crippen LogP contribution in [0.25, 0.3) is 21.5 Å². The lowest BCUT2D eigenvalue weighted by Gasteiger charge is -2.16. The van der Waals surface area contributed by atoms with Crippen molar-refractivity contribution in [2.24, 2.45) is 0 Å². The standard InChI is InChI=1S/C22H21N3O3S2/c1-12-6-4-7-15(10-12)23-20(26)14(3)30-13(2)19-24-21(27)18-16(11-29-22(18)25-19)17-8-5-9-28-17/h4-11,13-14H,1-3H3,(H,23,26)(H,24,25,27). The van der Waals surface area contributed by atoms with E-state index in [9.17, 15) is 9.59 Å². The van der Waals surface area contributed by atoms with Crippen LogP contribution in [-0.4, -0.2) is 21.1 Å². The lowest BCUT2D eigenvalue weighted by atomic mass is 10.2. The highest BCUT2D eigenvalue weighted by atomic mass is 32.2. The van der Waals surface area contributed by atoms with Crippen molar-refractivity contribution >= 4 is 44.9 Å². The molecule has 3 heterocycles. The van der Waals surface area contributed by atoms with Gasteiger partial charge in [0, 0.05) is 16.6 Å². The van der Waals surface area contributed by atoms with E-state index < -0.39 is 0 Å². The molecule has 4 rings (SSSR count). The van der Waals surface area contributed by atoms with Gasteiger partial charge in [-0.1, -0.05) is 12.1 Å². The van der Waals surface area contributed by atoms with Gasteiger partial charge in [0.05, 0.1) is 22.1 Å². The summed E-state index contributed by atoms with van der Waals surface area (Å²) in [6.07, 6.45) is 1.58. The van der Waals surface area contributed by atoms with Crippen LogP contribution in [0.15, 0.2) is 57.3 Å². The van der Waals surface area contributed by atoms with Crippen LogP contribution in [0.4, 0.5) is 5.69 Å². The fraction of sp³-hybridized carbons (Fsp3) is 0.227. The summed E-state index contributed by atoms with van der Waals surface area (Å²) < 4.78 is 5.43. The second-order valence-corrected chi connectivity index (χ2v) is 9.58. The number of hydrogen-bond donors (Lipinski definition) is 2. The summed E-state index contributed by atoms with van der Waals surface area (Å²) in [5, 5.41) is 4.87. The van der Waals surface area contributed by atoms with Crippen LogP contribution < -0.4 is 10.9 Å². The minimum Gasteiger partial charge on any atom is -0.464 e. The Morgan fingerprint density at radius 1 is 1.27 bits per heavy atom. The van der Waals surface area contributed by atoms with E-state index in [0.717, 1.165) is 16.8 Å². The molecule has 2 atom stereocenters. The summed E-state index contributed by atoms with van der Waals surface area (Å²) in [6.45, 7) is 5.77. The number of fused-ring (bicyclic) bond motifs is 1. The number of H-pyrrole nitrogens is 1. The minimum atomic E-state index is -0.316. The van der Waals surface area contributed by atoms with Crippen LogP contribution in [-0.2, 0) is 4.79 Å². The number of carbonyl (C=O) groups is 1. The Morgan fingerprint density at radius 3 is 2.83 bits per heavy atom. The van der Waals surface area contributed by atoms with Gasteiger partial charge in [0.2, 0.25) is 5.91 Å². The number of carbonyl (C=O) groups excluding carboxylic acids is 1. The fourth-order valence-electron chi connectivity index (χ4n) is 3.17. The van der Waals surface area contributed by atoms with Crippen LogP contribution in [0.3, 0.4) is 0 Å². The predicted octanol–water partition coefficient (Wildman–Crippen LogP) is 5.37. The molecule has 6 nitrogen and oxygen atoms in total. The lowest BCUT2D eigenvalue weighted by Crippen LogP contribution is -2.23. The summed E-state index contributed by atoms with van der Waals surface area (Å²) >= 11 is 2.85. The first-order valence-corrected chi connectivity index (χ1v) is 11.3. The van der Waals surface area contributed by atoms with Gasteiger partial charge >= 0.3 is 0 Å². The van der Waals surface area contributed by atoms with E-state index in [0.29, 0.717) is 21.8 Å². The van der Waals surface area contributed by atoms with Crippen molar-refractivity contribution in [2.75, 3.05) is 5.32 Å². The van der Waals surface area contributed by atoms with Gasteiger partial charge in [-0.3, -0.25) is 9.59 Å². The van der Waals surface area contributed by atoms with Crippen molar-refractivity contribution in [2.45, 2.75) is 31.3 Å². The first-order valence-electron chi connectivity index (χ1n) is 9.50. The number of aromatic amines is 1. The second-order valence-electron chi connectivity index (χ2n) is 7.04. The first-order chi connectivity index (χ1) is 14.4. The Hall–Kier alpha value is -2.84. The topological polar surface area (TPSA) is 88.0 Å². The van der Waals surface area contributed by atoms with Crippen molar-refractivity contribution < 1.29 is 9.21 Å². The van der Waals surface area contributed by atoms with Crippen molar-refractivity contribution in [1.82, 2.24) is 9.97 Å². The summed E-state index contributed by atoms with van der Waals surface area (Å²) in [4.78, 5) is 33.5. The van der Waals surface area contributed by atoms with E-state index >= 15 is 0 Å². The van der Waals surface area contributed by atoms with Gasteiger partial charge in [-0.2, -0.15) is 0 Å². The average Bonchev–Trinajstić information content (AvgIpc) is 3.37. The Balaban J connectivity index is 1.51. The molecule has 0 fully saturated rings. The second kappa shape index (κ2) is 8.49. The predicted molar refractivity (Wildman–Crippen MR) is 123 cm³/mol. The fourth-order valence-corrected chi connectivity index (χ4v) is 5.14. The molecule has 1 amide bonds. The molecule has 3 aromatic heterocycles. The number of aryl methyl sites for hydroxylation is 1. The Morgan fingerprint density at radius 2 is 2.10 bits per heavy atom. The molecule has 0 bridgehead atoms. The molecule has 1 aromatic carbocycles. The summed E-state index contributed by atoms with van der Waals surface area (Å²) in [7, 11) is 0. The number of rotatable bonds is 6. The number of amides is 1. The van der Waals surface area contributed by atoms with Crippen LogP contribution in [0.5, 0.6) is 0 Å². The van der Waals surface area contributed by atoms with E-state index in [1.807, 2.05) is 56.5 Å². The molecular weight excluding hydrogens is 418 g/mol. The number of furan rings is 1. The van der Waals surface area contributed by atoms with Gasteiger partial charge in [-0.15, -0.1) is 23.1 Å². The molecule has 8 heteroatoms. The zero-order valence-corrected chi connectivity index (χ0v) is 18.4. The highest BCUT2D eigenvalue weighted by Gasteiger charge is 2.22. The summed E-state index contributed by atoms with van der Waals surface area (Å²) in [6, 6.07) is 11.3. The van der Waals surface area contributed by atoms with E-state index in [2.05, 4.69) is 15.3 Å². The Kier molecular flexibility index (Phi) is 5.78. The normalized spacial score (nSPS) is 13.3. The number of anilines is 1. The first kappa shape index (κ1) is 20.4. The SMILES string of the molecule is Cc1cccc(NC(=O)C(C)SC(C)c2nc3scc(-c4ccco4)c3c(=O)[nH]2)c1. The molecular formula is C22H21N3O3S2. The number of benzene rings is 1. The maximum atomic E-state index is 12.8. The molecule has 2 N–H and O–H groups in total. The molecule has 0 spiro atoms. The van der Waals surface area contributed by atoms with Crippen LogP contribution in [0.2, 0.25) is 0 Å². The van der Waals surface area contributed by atoms with Gasteiger partial charge in [0.25, 0.3) is 5.56 Å². The number of thiophene rings is 1. The monoisotopic (exact) mass is 439 g/mol. The maximum absolute atomic E-state index is 12.8. The van der Waals surface area contributed by atoms with E-state index in [-0.39, 0.29) is 22.0 Å². The maximum Gasteiger partial charge on any atom is 0.260 e. The third kappa shape index (κ3) is 4.20. The summed E-state index contributed by atoms with van der Waals surface area (Å²) in [5.41, 5.74) is 2.40. The highest BCUT2D eigenvalue weighted by Crippen LogP contribution is 2.34. The van der Waals surface area contributed by atoms with Crippen molar-refractivity contribution in [3.05, 3.63) is 69.8 Å². The molecule has 0 saturated heterocycles. The largest absolute Gasteiger partial charge is 0.464 e. The molecule has 4 aromatic rings. The number of nitrogens with one attached hydrogen (secondary N) is 2. The van der Waals surface area contributed by atoms with Gasteiger partial charge in [0.1, 0.15) is 16.4 Å². The molecule has 2 unspecified atom stereocenters. The van der Waals surface area contributed by atoms with Crippen LogP contribution in [0.1, 0.15) is 30.5 Å². The van der Waals surface area contributed by atoms with Gasteiger partial charge in [0.15, 0.2) is 0 Å². The molecule has 154 valence electrons. The molecule has 30 heavy (non-hydrogen) atoms. The Labute approximate surface area is 181 Å². The molecule has 0 aliphatic rings. The molecule has 0 radical (unpaired) electrons. The van der Waals surface area contributed by atoms with Crippen molar-refractivity contribution in [3.8, 4) is 11.3 Å². The zero-order valence-electron chi connectivity index (χ0n) is 16.8. The number of nitrogens with zero attached hydrogens (tertiary/aromatic N) is 1. The number of thioether (sulfide) groups is 1. The van der Waals surface area contributed by atoms with Gasteiger partial charge < -0.3 is 14.7 Å². The van der Waals surface area contributed by atoms with Crippen LogP contribution in [0, 0.1) is 6.92 Å². The Bertz CT molecular complexity index is 1240. The third-order valence-corrected chi connectivity index (χ3v) is 6.82. The van der Waals surface area contributed by atoms with Crippen molar-refractivity contribution in [1.29, 1.82) is 0 Å². The molecule has 0 saturated carbocycles. The van der Waals surface area contributed by atoms with Gasteiger partial charge in [-0.25, -0.2) is 4.98 Å². The highest BCUT2D eigenvalue weighted by molar-refractivity contribution is 8.00. The zero-order chi connectivity index (χ0) is 21.3. The van der Waals surface area contributed by atoms with Crippen molar-refractivity contribution in [3.63, 3.8) is 0 Å². The van der Waals surface area contributed by atoms with E-state index in [1.165, 1.54) is 23.1 Å². The smallest absolute Gasteiger partial charge is 0.260 e. The van der Waals surface area contributed by atoms with E-state index in [4.69, 9.17) is 4.42 Å². The lowest BCUT2D eigenvalue weighted by molar-refractivity contribution is -0.115. The molecule has 0 aliphatic heterocycles. The number of aromatic nitrogens is 2. The third-order valence-electron chi connectivity index (χ3n) is 4.70. The van der Waals surface area contributed by atoms with Gasteiger partial charge in [-0.05, 0) is 50.6 Å². The summed E-state index contributed by atoms with van der Waals surface area (Å²) in [5.74, 6) is 1.11.